The highest BCUT2D eigenvalue weighted by molar-refractivity contribution is 5.91. The molecule has 0 saturated heterocycles. The fraction of sp³-hybridized carbons (Fsp3) is 0.800. The highest BCUT2D eigenvalue weighted by atomic mass is 16.1. The molecule has 3 fully saturated rings. The quantitative estimate of drug-likeness (QED) is 0.715. The van der Waals surface area contributed by atoms with Crippen LogP contribution in [0.15, 0.2) is 11.6 Å². The van der Waals surface area contributed by atoms with Crippen LogP contribution in [0.5, 0.6) is 0 Å². The van der Waals surface area contributed by atoms with Crippen molar-refractivity contribution in [2.45, 2.75) is 71.6 Å². The number of hydrogen-bond donors (Lipinski definition) is 0. The van der Waals surface area contributed by atoms with Crippen molar-refractivity contribution in [2.75, 3.05) is 0 Å². The number of carbonyl (C=O) groups excluding carboxylic acids is 2. The molecule has 5 atom stereocenters. The molecule has 4 aliphatic carbocycles. The number of allylic oxidation sites excluding steroid dienone is 1. The smallest absolute Gasteiger partial charge is 0.155 e. The van der Waals surface area contributed by atoms with E-state index in [2.05, 4.69) is 13.8 Å². The third-order valence-corrected chi connectivity index (χ3v) is 8.04. The maximum absolute atomic E-state index is 12.6. The molecular weight excluding hydrogens is 272 g/mol. The molecule has 4 rings (SSSR count). The molecule has 0 N–H and O–H groups in total. The van der Waals surface area contributed by atoms with Crippen molar-refractivity contribution in [3.8, 4) is 0 Å². The Morgan fingerprint density at radius 3 is 2.64 bits per heavy atom. The summed E-state index contributed by atoms with van der Waals surface area (Å²) in [7, 11) is 0. The Kier molecular flexibility index (Phi) is 3.19. The molecule has 2 nitrogen and oxygen atoms in total. The van der Waals surface area contributed by atoms with Gasteiger partial charge in [0.2, 0.25) is 0 Å². The normalized spacial score (nSPS) is 47.5. The highest BCUT2D eigenvalue weighted by Crippen LogP contribution is 2.65. The van der Waals surface area contributed by atoms with Crippen LogP contribution in [0.1, 0.15) is 71.6 Å². The predicted octanol–water partition coefficient (Wildman–Crippen LogP) is 4.48. The molecule has 0 aromatic rings. The van der Waals surface area contributed by atoms with Gasteiger partial charge in [0.05, 0.1) is 0 Å². The fourth-order valence-electron chi connectivity index (χ4n) is 6.78. The monoisotopic (exact) mass is 300 g/mol. The second-order valence-electron chi connectivity index (χ2n) is 8.48. The van der Waals surface area contributed by atoms with E-state index >= 15 is 0 Å². The molecule has 3 saturated carbocycles. The van der Waals surface area contributed by atoms with Crippen LogP contribution in [0, 0.1) is 28.6 Å². The number of carbonyl (C=O) groups is 2. The first-order valence-corrected chi connectivity index (χ1v) is 9.28. The molecule has 2 heteroatoms. The van der Waals surface area contributed by atoms with Crippen molar-refractivity contribution in [1.82, 2.24) is 0 Å². The summed E-state index contributed by atoms with van der Waals surface area (Å²) in [5.41, 5.74) is 1.68. The second kappa shape index (κ2) is 4.79. The minimum Gasteiger partial charge on any atom is -0.299 e. The SMILES string of the molecule is CC[C@]12CC[C@@H]3[C@@H](CCC4=CC(=O)CC[C@@]43C)[C@@H]1CCC2=O. The first-order valence-electron chi connectivity index (χ1n) is 9.28. The van der Waals surface area contributed by atoms with E-state index in [1.165, 1.54) is 18.4 Å². The van der Waals surface area contributed by atoms with Gasteiger partial charge in [-0.25, -0.2) is 0 Å². The Morgan fingerprint density at radius 2 is 1.86 bits per heavy atom. The van der Waals surface area contributed by atoms with Gasteiger partial charge in [-0.1, -0.05) is 19.4 Å². The molecule has 0 unspecified atom stereocenters. The third-order valence-electron chi connectivity index (χ3n) is 8.04. The van der Waals surface area contributed by atoms with Crippen LogP contribution in [0.3, 0.4) is 0 Å². The standard InChI is InChI=1S/C20H28O2/c1-3-20-11-9-16-15(17(20)6-7-18(20)22)5-4-13-12-14(21)8-10-19(13,16)2/h12,15-17H,3-11H2,1-2H3/t15-,16-,17+,19+,20+/m1/s1. The van der Waals surface area contributed by atoms with Crippen LogP contribution in [0.2, 0.25) is 0 Å². The molecule has 22 heavy (non-hydrogen) atoms. The van der Waals surface area contributed by atoms with Crippen molar-refractivity contribution in [2.24, 2.45) is 28.6 Å². The van der Waals surface area contributed by atoms with Gasteiger partial charge >= 0.3 is 0 Å². The third kappa shape index (κ3) is 1.73. The van der Waals surface area contributed by atoms with Gasteiger partial charge in [-0.05, 0) is 74.2 Å². The summed E-state index contributed by atoms with van der Waals surface area (Å²) in [6.45, 7) is 4.64. The molecule has 0 aromatic carbocycles. The Morgan fingerprint density at radius 1 is 1.05 bits per heavy atom. The fourth-order valence-corrected chi connectivity index (χ4v) is 6.78. The van der Waals surface area contributed by atoms with Gasteiger partial charge in [0.1, 0.15) is 5.78 Å². The van der Waals surface area contributed by atoms with E-state index < -0.39 is 0 Å². The van der Waals surface area contributed by atoms with Crippen molar-refractivity contribution < 1.29 is 9.59 Å². The van der Waals surface area contributed by atoms with Gasteiger partial charge in [0.25, 0.3) is 0 Å². The lowest BCUT2D eigenvalue weighted by Gasteiger charge is -2.57. The minimum atomic E-state index is 0.0171. The summed E-state index contributed by atoms with van der Waals surface area (Å²) in [6.07, 6.45) is 11.3. The van der Waals surface area contributed by atoms with Gasteiger partial charge < -0.3 is 0 Å². The lowest BCUT2D eigenvalue weighted by atomic mass is 9.47. The molecule has 0 heterocycles. The van der Waals surface area contributed by atoms with E-state index in [9.17, 15) is 9.59 Å². The molecule has 4 aliphatic rings. The summed E-state index contributed by atoms with van der Waals surface area (Å²) in [4.78, 5) is 24.4. The summed E-state index contributed by atoms with van der Waals surface area (Å²) >= 11 is 0. The first kappa shape index (κ1) is 14.7. The molecule has 0 aromatic heterocycles. The predicted molar refractivity (Wildman–Crippen MR) is 86.3 cm³/mol. The van der Waals surface area contributed by atoms with Crippen molar-refractivity contribution in [1.29, 1.82) is 0 Å². The van der Waals surface area contributed by atoms with Gasteiger partial charge in [-0.2, -0.15) is 0 Å². The largest absolute Gasteiger partial charge is 0.299 e. The Bertz CT molecular complexity index is 560. The van der Waals surface area contributed by atoms with Crippen LogP contribution >= 0.6 is 0 Å². The van der Waals surface area contributed by atoms with Crippen LogP contribution in [0.4, 0.5) is 0 Å². The summed E-state index contributed by atoms with van der Waals surface area (Å²) in [6, 6.07) is 0. The lowest BCUT2D eigenvalue weighted by molar-refractivity contribution is -0.134. The van der Waals surface area contributed by atoms with Crippen molar-refractivity contribution in [3.63, 3.8) is 0 Å². The summed E-state index contributed by atoms with van der Waals surface area (Å²) in [5, 5.41) is 0. The molecular formula is C20H28O2. The maximum Gasteiger partial charge on any atom is 0.155 e. The zero-order valence-corrected chi connectivity index (χ0v) is 14.0. The van der Waals surface area contributed by atoms with Gasteiger partial charge in [0, 0.05) is 18.3 Å². The zero-order chi connectivity index (χ0) is 15.5. The van der Waals surface area contributed by atoms with E-state index in [1.807, 2.05) is 6.08 Å². The van der Waals surface area contributed by atoms with Crippen LogP contribution in [-0.4, -0.2) is 11.6 Å². The number of Topliss-reactive ketones (excluding diaryl/α,β-unsaturated/α-hetero) is 1. The van der Waals surface area contributed by atoms with E-state index in [-0.39, 0.29) is 10.8 Å². The number of fused-ring (bicyclic) bond motifs is 5. The molecule has 0 aliphatic heterocycles. The Balaban J connectivity index is 1.70. The molecule has 120 valence electrons. The van der Waals surface area contributed by atoms with Crippen LogP contribution < -0.4 is 0 Å². The summed E-state index contributed by atoms with van der Waals surface area (Å²) < 4.78 is 0. The molecule has 0 radical (unpaired) electrons. The molecule has 0 spiro atoms. The average Bonchev–Trinajstić information content (AvgIpc) is 2.86. The Hall–Kier alpha value is -0.920. The van der Waals surface area contributed by atoms with E-state index in [0.29, 0.717) is 23.4 Å². The van der Waals surface area contributed by atoms with Crippen LogP contribution in [0.25, 0.3) is 0 Å². The second-order valence-corrected chi connectivity index (χ2v) is 8.48. The average molecular weight is 300 g/mol. The van der Waals surface area contributed by atoms with E-state index in [1.54, 1.807) is 0 Å². The van der Waals surface area contributed by atoms with E-state index in [0.717, 1.165) is 50.9 Å². The maximum atomic E-state index is 12.6. The minimum absolute atomic E-state index is 0.0171. The molecule has 0 amide bonds. The number of hydrogen-bond acceptors (Lipinski definition) is 2. The number of rotatable bonds is 1. The van der Waals surface area contributed by atoms with E-state index in [4.69, 9.17) is 0 Å². The topological polar surface area (TPSA) is 34.1 Å². The molecule has 0 bridgehead atoms. The van der Waals surface area contributed by atoms with Gasteiger partial charge in [-0.15, -0.1) is 0 Å². The number of ketones is 2. The van der Waals surface area contributed by atoms with Crippen molar-refractivity contribution >= 4 is 11.6 Å². The lowest BCUT2D eigenvalue weighted by Crippen LogP contribution is -2.51. The summed E-state index contributed by atoms with van der Waals surface area (Å²) in [5.74, 6) is 2.94. The van der Waals surface area contributed by atoms with Crippen molar-refractivity contribution in [3.05, 3.63) is 11.6 Å². The zero-order valence-electron chi connectivity index (χ0n) is 14.0. The van der Waals surface area contributed by atoms with Gasteiger partial charge in [-0.3, -0.25) is 9.59 Å². The van der Waals surface area contributed by atoms with Gasteiger partial charge in [0.15, 0.2) is 5.78 Å². The van der Waals surface area contributed by atoms with Crippen LogP contribution in [-0.2, 0) is 9.59 Å². The first-order chi connectivity index (χ1) is 10.5. The highest BCUT2D eigenvalue weighted by Gasteiger charge is 2.59. The Labute approximate surface area is 133 Å².